The van der Waals surface area contributed by atoms with Crippen LogP contribution in [0.5, 0.6) is 0 Å². The molecule has 1 fully saturated rings. The lowest BCUT2D eigenvalue weighted by Gasteiger charge is -2.37. The van der Waals surface area contributed by atoms with Gasteiger partial charge in [-0.25, -0.2) is 8.78 Å². The van der Waals surface area contributed by atoms with Crippen LogP contribution in [-0.4, -0.2) is 58.6 Å². The van der Waals surface area contributed by atoms with Gasteiger partial charge < -0.3 is 10.4 Å². The minimum Gasteiger partial charge on any atom is -0.397 e. The smallest absolute Gasteiger partial charge is 0.397 e. The molecule has 1 aliphatic rings. The van der Waals surface area contributed by atoms with E-state index in [-0.39, 0.29) is 42.8 Å². The summed E-state index contributed by atoms with van der Waals surface area (Å²) >= 11 is 0. The minimum atomic E-state index is -5.15. The van der Waals surface area contributed by atoms with Crippen LogP contribution in [0.25, 0.3) is 0 Å². The highest BCUT2D eigenvalue weighted by Crippen LogP contribution is 2.31. The molecule has 1 aromatic heterocycles. The first-order chi connectivity index (χ1) is 12.0. The molecule has 0 spiro atoms. The lowest BCUT2D eigenvalue weighted by atomic mass is 10.0. The van der Waals surface area contributed by atoms with E-state index in [9.17, 15) is 26.7 Å². The molecule has 1 amide bonds. The minimum absolute atomic E-state index is 0. The van der Waals surface area contributed by atoms with Crippen LogP contribution in [0.3, 0.4) is 0 Å². The fourth-order valence-electron chi connectivity index (χ4n) is 2.26. The van der Waals surface area contributed by atoms with Crippen molar-refractivity contribution >= 4 is 35.6 Å². The molecule has 0 bridgehead atoms. The van der Waals surface area contributed by atoms with Gasteiger partial charge in [0, 0.05) is 32.8 Å². The van der Waals surface area contributed by atoms with Crippen molar-refractivity contribution in [3.05, 3.63) is 12.4 Å². The SMILES string of the molecule is CC.CCO.Cn1cc(N(C(=O)C(F)(F)F)C2CNCC(F)(F)C2)cn1.I. The van der Waals surface area contributed by atoms with Crippen LogP contribution in [0.15, 0.2) is 12.4 Å². The maximum atomic E-state index is 13.4. The van der Waals surface area contributed by atoms with E-state index in [1.54, 1.807) is 6.92 Å². The molecule has 2 N–H and O–H groups in total. The Hall–Kier alpha value is -1.02. The lowest BCUT2D eigenvalue weighted by molar-refractivity contribution is -0.171. The van der Waals surface area contributed by atoms with Crippen molar-refractivity contribution in [3.8, 4) is 0 Å². The number of rotatable bonds is 2. The van der Waals surface area contributed by atoms with Gasteiger partial charge in [-0.3, -0.25) is 14.4 Å². The highest BCUT2D eigenvalue weighted by Gasteiger charge is 2.48. The molecule has 1 saturated heterocycles. The van der Waals surface area contributed by atoms with Crippen molar-refractivity contribution in [1.29, 1.82) is 0 Å². The van der Waals surface area contributed by atoms with Crippen molar-refractivity contribution in [2.24, 2.45) is 7.05 Å². The number of aliphatic hydroxyl groups excluding tert-OH is 1. The van der Waals surface area contributed by atoms with Crippen LogP contribution in [0.4, 0.5) is 27.6 Å². The zero-order valence-electron chi connectivity index (χ0n) is 15.6. The molecule has 0 aromatic carbocycles. The molecule has 1 aliphatic heterocycles. The van der Waals surface area contributed by atoms with E-state index in [1.165, 1.54) is 17.9 Å². The van der Waals surface area contributed by atoms with Gasteiger partial charge >= 0.3 is 12.1 Å². The first kappa shape index (κ1) is 28.2. The number of alkyl halides is 5. The maximum Gasteiger partial charge on any atom is 0.471 e. The Bertz CT molecular complexity index is 555. The summed E-state index contributed by atoms with van der Waals surface area (Å²) in [6.45, 7) is 5.16. The molecule has 2 rings (SSSR count). The third kappa shape index (κ3) is 9.14. The van der Waals surface area contributed by atoms with Gasteiger partial charge in [-0.15, -0.1) is 24.0 Å². The van der Waals surface area contributed by atoms with Crippen LogP contribution < -0.4 is 10.2 Å². The Kier molecular flexibility index (Phi) is 13.0. The van der Waals surface area contributed by atoms with Crippen molar-refractivity contribution in [2.75, 3.05) is 24.6 Å². The second-order valence-corrected chi connectivity index (χ2v) is 5.21. The number of aromatic nitrogens is 2. The fourth-order valence-corrected chi connectivity index (χ4v) is 2.26. The average Bonchev–Trinajstić information content (AvgIpc) is 2.94. The monoisotopic (exact) mass is 516 g/mol. The number of piperidine rings is 1. The molecule has 6 nitrogen and oxygen atoms in total. The number of amides is 1. The summed E-state index contributed by atoms with van der Waals surface area (Å²) in [7, 11) is 1.45. The van der Waals surface area contributed by atoms with Crippen molar-refractivity contribution in [1.82, 2.24) is 15.1 Å². The number of hydrogen-bond donors (Lipinski definition) is 2. The number of anilines is 1. The first-order valence-electron chi connectivity index (χ1n) is 8.10. The second-order valence-electron chi connectivity index (χ2n) is 5.21. The van der Waals surface area contributed by atoms with Gasteiger partial charge in [-0.1, -0.05) is 13.8 Å². The molecule has 27 heavy (non-hydrogen) atoms. The van der Waals surface area contributed by atoms with Crippen LogP contribution in [0.2, 0.25) is 0 Å². The number of carbonyl (C=O) groups is 1. The first-order valence-corrected chi connectivity index (χ1v) is 8.10. The molecule has 0 radical (unpaired) electrons. The Morgan fingerprint density at radius 2 is 1.96 bits per heavy atom. The normalized spacial score (nSPS) is 18.1. The van der Waals surface area contributed by atoms with Gasteiger partial charge in [0.2, 0.25) is 0 Å². The molecule has 12 heteroatoms. The predicted octanol–water partition coefficient (Wildman–Crippen LogP) is 2.96. The van der Waals surface area contributed by atoms with Crippen LogP contribution in [-0.2, 0) is 11.8 Å². The summed E-state index contributed by atoms with van der Waals surface area (Å²) in [5.74, 6) is -5.35. The Morgan fingerprint density at radius 3 is 2.33 bits per heavy atom. The Balaban J connectivity index is 0. The third-order valence-electron chi connectivity index (χ3n) is 3.09. The summed E-state index contributed by atoms with van der Waals surface area (Å²) in [5, 5.41) is 13.6. The molecule has 2 heterocycles. The number of aryl methyl sites for hydroxylation is 1. The van der Waals surface area contributed by atoms with Gasteiger partial charge in [-0.05, 0) is 6.92 Å². The highest BCUT2D eigenvalue weighted by atomic mass is 127. The quantitative estimate of drug-likeness (QED) is 0.469. The van der Waals surface area contributed by atoms with E-state index in [4.69, 9.17) is 5.11 Å². The van der Waals surface area contributed by atoms with Crippen LogP contribution >= 0.6 is 24.0 Å². The van der Waals surface area contributed by atoms with E-state index in [1.807, 2.05) is 13.8 Å². The van der Waals surface area contributed by atoms with Gasteiger partial charge in [0.15, 0.2) is 0 Å². The largest absolute Gasteiger partial charge is 0.471 e. The van der Waals surface area contributed by atoms with E-state index in [2.05, 4.69) is 10.4 Å². The number of halogens is 6. The number of carbonyl (C=O) groups excluding carboxylic acids is 1. The highest BCUT2D eigenvalue weighted by molar-refractivity contribution is 14.0. The van der Waals surface area contributed by atoms with Gasteiger partial charge in [-0.2, -0.15) is 18.3 Å². The predicted molar refractivity (Wildman–Crippen MR) is 102 cm³/mol. The number of nitrogens with zero attached hydrogens (tertiary/aromatic N) is 3. The third-order valence-corrected chi connectivity index (χ3v) is 3.09. The standard InChI is InChI=1S/C11H13F5N4O.C2H6O.C2H6.HI/c1-19-5-8(4-18-19)20(9(21)11(14,15)16)7-2-10(12,13)6-17-3-7;1-2-3;1-2;/h4-5,7,17H,2-3,6H2,1H3;3H,2H2,1H3;1-2H3;1H. The van der Waals surface area contributed by atoms with Crippen molar-refractivity contribution in [3.63, 3.8) is 0 Å². The molecule has 160 valence electrons. The molecular weight excluding hydrogens is 490 g/mol. The fraction of sp³-hybridized carbons (Fsp3) is 0.733. The zero-order chi connectivity index (χ0) is 20.5. The maximum absolute atomic E-state index is 13.4. The summed E-state index contributed by atoms with van der Waals surface area (Å²) in [6.07, 6.45) is -3.77. The number of aliphatic hydroxyl groups is 1. The van der Waals surface area contributed by atoms with Crippen LogP contribution in [0.1, 0.15) is 27.2 Å². The van der Waals surface area contributed by atoms with E-state index < -0.39 is 37.0 Å². The van der Waals surface area contributed by atoms with E-state index in [0.29, 0.717) is 4.90 Å². The summed E-state index contributed by atoms with van der Waals surface area (Å²) in [4.78, 5) is 11.9. The van der Waals surface area contributed by atoms with Crippen LogP contribution in [0, 0.1) is 0 Å². The molecule has 1 atom stereocenters. The summed E-state index contributed by atoms with van der Waals surface area (Å²) in [5.41, 5.74) is -0.163. The summed E-state index contributed by atoms with van der Waals surface area (Å²) < 4.78 is 66.1. The average molecular weight is 516 g/mol. The van der Waals surface area contributed by atoms with Crippen molar-refractivity contribution in [2.45, 2.75) is 45.3 Å². The topological polar surface area (TPSA) is 70.4 Å². The number of nitrogens with one attached hydrogen (secondary N) is 1. The molecule has 0 aliphatic carbocycles. The van der Waals surface area contributed by atoms with Gasteiger partial charge in [0.05, 0.1) is 24.5 Å². The van der Waals surface area contributed by atoms with E-state index >= 15 is 0 Å². The molecular formula is C15H26F5IN4O2. The van der Waals surface area contributed by atoms with Gasteiger partial charge in [0.25, 0.3) is 5.92 Å². The second kappa shape index (κ2) is 12.4. The Morgan fingerprint density at radius 1 is 1.44 bits per heavy atom. The molecule has 0 saturated carbocycles. The lowest BCUT2D eigenvalue weighted by Crippen LogP contribution is -2.57. The molecule has 1 unspecified atom stereocenters. The number of hydrogen-bond acceptors (Lipinski definition) is 4. The van der Waals surface area contributed by atoms with E-state index in [0.717, 1.165) is 6.20 Å². The van der Waals surface area contributed by atoms with Crippen molar-refractivity contribution < 1.29 is 31.9 Å². The zero-order valence-corrected chi connectivity index (χ0v) is 17.9. The molecule has 1 aromatic rings. The summed E-state index contributed by atoms with van der Waals surface area (Å²) in [6, 6.07) is -1.30. The Labute approximate surface area is 172 Å². The van der Waals surface area contributed by atoms with Gasteiger partial charge in [0.1, 0.15) is 0 Å².